The second-order valence-corrected chi connectivity index (χ2v) is 3.26. The van der Waals surface area contributed by atoms with Crippen molar-refractivity contribution in [2.45, 2.75) is 25.3 Å². The molecular formula is C9H13NO5. The maximum atomic E-state index is 11.3. The Labute approximate surface area is 87.1 Å². The SMILES string of the molecule is COC(=O)CC(=O)CC1CC(=O)N1OC. The van der Waals surface area contributed by atoms with Crippen molar-refractivity contribution in [3.05, 3.63) is 0 Å². The molecule has 1 unspecified atom stereocenters. The molecule has 1 saturated heterocycles. The molecule has 6 nitrogen and oxygen atoms in total. The number of hydrogen-bond donors (Lipinski definition) is 0. The molecule has 0 spiro atoms. The first kappa shape index (κ1) is 11.6. The van der Waals surface area contributed by atoms with E-state index in [2.05, 4.69) is 4.74 Å². The molecule has 0 aromatic carbocycles. The van der Waals surface area contributed by atoms with Crippen molar-refractivity contribution >= 4 is 17.7 Å². The van der Waals surface area contributed by atoms with Gasteiger partial charge in [-0.25, -0.2) is 5.06 Å². The minimum atomic E-state index is -0.561. The molecule has 1 amide bonds. The molecule has 1 aliphatic rings. The lowest BCUT2D eigenvalue weighted by Crippen LogP contribution is -2.52. The van der Waals surface area contributed by atoms with E-state index in [4.69, 9.17) is 4.84 Å². The van der Waals surface area contributed by atoms with Crippen molar-refractivity contribution in [1.29, 1.82) is 0 Å². The van der Waals surface area contributed by atoms with E-state index in [0.717, 1.165) is 5.06 Å². The maximum absolute atomic E-state index is 11.3. The van der Waals surface area contributed by atoms with Crippen LogP contribution in [0.2, 0.25) is 0 Å². The highest BCUT2D eigenvalue weighted by Crippen LogP contribution is 2.22. The first-order valence-corrected chi connectivity index (χ1v) is 4.53. The molecule has 1 fully saturated rings. The molecule has 0 aromatic heterocycles. The smallest absolute Gasteiger partial charge is 0.313 e. The number of rotatable bonds is 5. The van der Waals surface area contributed by atoms with Crippen LogP contribution < -0.4 is 0 Å². The monoisotopic (exact) mass is 215 g/mol. The van der Waals surface area contributed by atoms with E-state index in [1.54, 1.807) is 0 Å². The number of ether oxygens (including phenoxy) is 1. The Morgan fingerprint density at radius 3 is 2.60 bits per heavy atom. The summed E-state index contributed by atoms with van der Waals surface area (Å²) in [5, 5.41) is 1.15. The third-order valence-corrected chi connectivity index (χ3v) is 2.22. The lowest BCUT2D eigenvalue weighted by Gasteiger charge is -2.37. The van der Waals surface area contributed by atoms with Crippen LogP contribution in [0.1, 0.15) is 19.3 Å². The van der Waals surface area contributed by atoms with Crippen molar-refractivity contribution in [3.63, 3.8) is 0 Å². The molecule has 15 heavy (non-hydrogen) atoms. The first-order valence-electron chi connectivity index (χ1n) is 4.53. The first-order chi connectivity index (χ1) is 7.08. The topological polar surface area (TPSA) is 72.9 Å². The zero-order valence-corrected chi connectivity index (χ0v) is 8.69. The summed E-state index contributed by atoms with van der Waals surface area (Å²) in [4.78, 5) is 37.7. The van der Waals surface area contributed by atoms with Gasteiger partial charge >= 0.3 is 5.97 Å². The highest BCUT2D eigenvalue weighted by Gasteiger charge is 2.38. The van der Waals surface area contributed by atoms with E-state index in [-0.39, 0.29) is 30.6 Å². The second kappa shape index (κ2) is 4.88. The molecule has 84 valence electrons. The third kappa shape index (κ3) is 2.76. The normalized spacial score (nSPS) is 19.7. The number of esters is 1. The van der Waals surface area contributed by atoms with Crippen LogP contribution in [-0.2, 0) is 24.0 Å². The number of amides is 1. The molecule has 1 rings (SSSR count). The van der Waals surface area contributed by atoms with Crippen LogP contribution in [0.15, 0.2) is 0 Å². The Morgan fingerprint density at radius 1 is 1.47 bits per heavy atom. The van der Waals surface area contributed by atoms with Gasteiger partial charge in [-0.2, -0.15) is 0 Å². The number of β-lactam (4-membered cyclic amide) rings is 1. The Hall–Kier alpha value is -1.43. The zero-order valence-electron chi connectivity index (χ0n) is 8.69. The van der Waals surface area contributed by atoms with Gasteiger partial charge in [0.15, 0.2) is 0 Å². The van der Waals surface area contributed by atoms with Gasteiger partial charge in [0.2, 0.25) is 5.91 Å². The Kier molecular flexibility index (Phi) is 3.79. The summed E-state index contributed by atoms with van der Waals surface area (Å²) >= 11 is 0. The number of hydrogen-bond acceptors (Lipinski definition) is 5. The van der Waals surface area contributed by atoms with E-state index < -0.39 is 5.97 Å². The summed E-state index contributed by atoms with van der Waals surface area (Å²) in [7, 11) is 2.60. The number of ketones is 1. The number of carbonyl (C=O) groups excluding carboxylic acids is 3. The Morgan fingerprint density at radius 2 is 2.13 bits per heavy atom. The number of hydroxylamine groups is 2. The Bertz CT molecular complexity index is 288. The standard InChI is InChI=1S/C9H13NO5/c1-14-9(13)5-7(11)3-6-4-8(12)10(6)15-2/h6H,3-5H2,1-2H3. The van der Waals surface area contributed by atoms with Gasteiger partial charge in [-0.05, 0) is 0 Å². The third-order valence-electron chi connectivity index (χ3n) is 2.22. The van der Waals surface area contributed by atoms with Gasteiger partial charge in [-0.3, -0.25) is 19.2 Å². The van der Waals surface area contributed by atoms with E-state index in [1.807, 2.05) is 0 Å². The number of Topliss-reactive ketones (excluding diaryl/α,β-unsaturated/α-hetero) is 1. The van der Waals surface area contributed by atoms with Crippen LogP contribution in [0.25, 0.3) is 0 Å². The fourth-order valence-corrected chi connectivity index (χ4v) is 1.44. The molecular weight excluding hydrogens is 202 g/mol. The van der Waals surface area contributed by atoms with Crippen LogP contribution in [0.3, 0.4) is 0 Å². The van der Waals surface area contributed by atoms with Gasteiger partial charge in [-0.15, -0.1) is 0 Å². The van der Waals surface area contributed by atoms with E-state index in [1.165, 1.54) is 14.2 Å². The Balaban J connectivity index is 2.33. The molecule has 1 heterocycles. The average molecular weight is 215 g/mol. The number of nitrogens with zero attached hydrogens (tertiary/aromatic N) is 1. The van der Waals surface area contributed by atoms with Crippen LogP contribution >= 0.6 is 0 Å². The lowest BCUT2D eigenvalue weighted by atomic mass is 9.98. The summed E-state index contributed by atoms with van der Waals surface area (Å²) in [6.07, 6.45) is 0.175. The summed E-state index contributed by atoms with van der Waals surface area (Å²) in [5.74, 6) is -0.954. The molecule has 6 heteroatoms. The van der Waals surface area contributed by atoms with E-state index in [0.29, 0.717) is 6.42 Å². The van der Waals surface area contributed by atoms with Crippen LogP contribution in [-0.4, -0.2) is 43.0 Å². The minimum absolute atomic E-state index is 0.134. The fourth-order valence-electron chi connectivity index (χ4n) is 1.44. The van der Waals surface area contributed by atoms with Gasteiger partial charge in [-0.1, -0.05) is 0 Å². The minimum Gasteiger partial charge on any atom is -0.469 e. The van der Waals surface area contributed by atoms with Crippen LogP contribution in [0, 0.1) is 0 Å². The van der Waals surface area contributed by atoms with Crippen molar-refractivity contribution < 1.29 is 24.0 Å². The molecule has 1 atom stereocenters. The zero-order chi connectivity index (χ0) is 11.4. The fraction of sp³-hybridized carbons (Fsp3) is 0.667. The average Bonchev–Trinajstić information content (AvgIpc) is 2.17. The maximum Gasteiger partial charge on any atom is 0.313 e. The van der Waals surface area contributed by atoms with Crippen LogP contribution in [0.4, 0.5) is 0 Å². The van der Waals surface area contributed by atoms with E-state index >= 15 is 0 Å². The molecule has 0 saturated carbocycles. The summed E-state index contributed by atoms with van der Waals surface area (Å²) in [6.45, 7) is 0. The molecule has 0 radical (unpaired) electrons. The molecule has 1 aliphatic heterocycles. The highest BCUT2D eigenvalue weighted by molar-refractivity contribution is 5.96. The summed E-state index contributed by atoms with van der Waals surface area (Å²) in [6, 6.07) is -0.236. The van der Waals surface area contributed by atoms with Gasteiger partial charge in [0, 0.05) is 6.42 Å². The lowest BCUT2D eigenvalue weighted by molar-refractivity contribution is -0.215. The molecule has 0 aromatic rings. The van der Waals surface area contributed by atoms with E-state index in [9.17, 15) is 14.4 Å². The summed E-state index contributed by atoms with van der Waals surface area (Å²) < 4.78 is 4.36. The van der Waals surface area contributed by atoms with Gasteiger partial charge in [0.05, 0.1) is 26.7 Å². The van der Waals surface area contributed by atoms with Crippen molar-refractivity contribution in [1.82, 2.24) is 5.06 Å². The predicted molar refractivity (Wildman–Crippen MR) is 48.5 cm³/mol. The largest absolute Gasteiger partial charge is 0.469 e. The van der Waals surface area contributed by atoms with Crippen molar-refractivity contribution in [3.8, 4) is 0 Å². The molecule has 0 N–H and O–H groups in total. The number of methoxy groups -OCH3 is 1. The highest BCUT2D eigenvalue weighted by atomic mass is 16.7. The molecule has 0 aliphatic carbocycles. The van der Waals surface area contributed by atoms with Crippen molar-refractivity contribution in [2.75, 3.05) is 14.2 Å². The molecule has 0 bridgehead atoms. The predicted octanol–water partition coefficient (Wildman–Crippen LogP) is -0.329. The van der Waals surface area contributed by atoms with Gasteiger partial charge < -0.3 is 4.74 Å². The number of carbonyl (C=O) groups is 3. The van der Waals surface area contributed by atoms with Crippen molar-refractivity contribution in [2.24, 2.45) is 0 Å². The summed E-state index contributed by atoms with van der Waals surface area (Å²) in [5.41, 5.74) is 0. The van der Waals surface area contributed by atoms with Gasteiger partial charge in [0.25, 0.3) is 0 Å². The van der Waals surface area contributed by atoms with Crippen LogP contribution in [0.5, 0.6) is 0 Å². The second-order valence-electron chi connectivity index (χ2n) is 3.26. The quantitative estimate of drug-likeness (QED) is 0.357. The van der Waals surface area contributed by atoms with Gasteiger partial charge in [0.1, 0.15) is 12.2 Å².